The molecule has 1 atom stereocenters. The topological polar surface area (TPSA) is 130 Å². The number of hydrogen-bond donors (Lipinski definition) is 2. The van der Waals surface area contributed by atoms with Crippen LogP contribution in [0.15, 0.2) is 61.3 Å². The monoisotopic (exact) mass is 544 g/mol. The maximum absolute atomic E-state index is 15.2. The van der Waals surface area contributed by atoms with Crippen LogP contribution in [0.2, 0.25) is 0 Å². The van der Waals surface area contributed by atoms with E-state index in [1.807, 2.05) is 6.07 Å². The maximum atomic E-state index is 15.2. The molecule has 0 saturated carbocycles. The van der Waals surface area contributed by atoms with Crippen molar-refractivity contribution in [3.63, 3.8) is 0 Å². The van der Waals surface area contributed by atoms with Crippen LogP contribution >= 0.6 is 0 Å². The number of rotatable bonds is 9. The van der Waals surface area contributed by atoms with E-state index in [1.165, 1.54) is 24.2 Å². The Hall–Kier alpha value is -5.04. The molecule has 2 aromatic carbocycles. The molecule has 1 aliphatic heterocycles. The molecule has 4 heterocycles. The second kappa shape index (κ2) is 11.0. The number of benzene rings is 2. The SMILES string of the molecule is COc1ncc(-n2ccc(Oc3ccc(Nc4ncnc5cc(OC)c(OC6CCNC6)cc45)c(F)c3)n2)cn1. The summed E-state index contributed by atoms with van der Waals surface area (Å²) in [6.07, 6.45) is 7.16. The highest BCUT2D eigenvalue weighted by molar-refractivity contribution is 5.93. The van der Waals surface area contributed by atoms with Crippen LogP contribution in [0.1, 0.15) is 6.42 Å². The number of nitrogens with zero attached hydrogens (tertiary/aromatic N) is 6. The van der Waals surface area contributed by atoms with Crippen molar-refractivity contribution in [3.8, 4) is 34.8 Å². The average Bonchev–Trinajstić information content (AvgIpc) is 3.67. The first-order chi connectivity index (χ1) is 19.6. The molecule has 13 heteroatoms. The molecule has 6 rings (SSSR count). The van der Waals surface area contributed by atoms with Crippen molar-refractivity contribution < 1.29 is 23.3 Å². The second-order valence-corrected chi connectivity index (χ2v) is 8.87. The highest BCUT2D eigenvalue weighted by Crippen LogP contribution is 2.36. The molecular weight excluding hydrogens is 519 g/mol. The molecule has 0 bridgehead atoms. The van der Waals surface area contributed by atoms with E-state index in [0.29, 0.717) is 33.9 Å². The third kappa shape index (κ3) is 5.27. The first kappa shape index (κ1) is 25.2. The highest BCUT2D eigenvalue weighted by Gasteiger charge is 2.20. The minimum absolute atomic E-state index is 0.0355. The van der Waals surface area contributed by atoms with Crippen LogP contribution < -0.4 is 29.6 Å². The van der Waals surface area contributed by atoms with Crippen molar-refractivity contribution in [2.45, 2.75) is 12.5 Å². The predicted molar refractivity (Wildman–Crippen MR) is 143 cm³/mol. The third-order valence-corrected chi connectivity index (χ3v) is 6.27. The van der Waals surface area contributed by atoms with Gasteiger partial charge in [0.15, 0.2) is 11.5 Å². The molecule has 1 aliphatic rings. The molecule has 0 amide bonds. The maximum Gasteiger partial charge on any atom is 0.316 e. The van der Waals surface area contributed by atoms with E-state index in [4.69, 9.17) is 18.9 Å². The van der Waals surface area contributed by atoms with Crippen LogP contribution in [0.25, 0.3) is 16.6 Å². The number of aromatic nitrogens is 6. The van der Waals surface area contributed by atoms with Gasteiger partial charge in [-0.1, -0.05) is 0 Å². The van der Waals surface area contributed by atoms with Gasteiger partial charge < -0.3 is 29.6 Å². The normalized spacial score (nSPS) is 14.7. The van der Waals surface area contributed by atoms with Crippen molar-refractivity contribution in [1.29, 1.82) is 0 Å². The van der Waals surface area contributed by atoms with Crippen LogP contribution in [0, 0.1) is 5.82 Å². The number of halogens is 1. The Labute approximate surface area is 228 Å². The molecule has 12 nitrogen and oxygen atoms in total. The van der Waals surface area contributed by atoms with Crippen LogP contribution in [0.5, 0.6) is 29.1 Å². The van der Waals surface area contributed by atoms with Crippen molar-refractivity contribution in [2.24, 2.45) is 0 Å². The predicted octanol–water partition coefficient (Wildman–Crippen LogP) is 4.04. The Balaban J connectivity index is 1.20. The largest absolute Gasteiger partial charge is 0.493 e. The lowest BCUT2D eigenvalue weighted by atomic mass is 10.2. The van der Waals surface area contributed by atoms with E-state index in [1.54, 1.807) is 50.0 Å². The van der Waals surface area contributed by atoms with E-state index in [9.17, 15) is 0 Å². The Morgan fingerprint density at radius 3 is 2.62 bits per heavy atom. The Morgan fingerprint density at radius 1 is 1.00 bits per heavy atom. The van der Waals surface area contributed by atoms with E-state index in [-0.39, 0.29) is 29.4 Å². The van der Waals surface area contributed by atoms with Gasteiger partial charge in [-0.3, -0.25) is 0 Å². The van der Waals surface area contributed by atoms with Gasteiger partial charge in [0, 0.05) is 36.3 Å². The molecule has 2 N–H and O–H groups in total. The zero-order chi connectivity index (χ0) is 27.5. The van der Waals surface area contributed by atoms with Crippen molar-refractivity contribution >= 4 is 22.4 Å². The minimum Gasteiger partial charge on any atom is -0.493 e. The first-order valence-corrected chi connectivity index (χ1v) is 12.5. The van der Waals surface area contributed by atoms with E-state index >= 15 is 4.39 Å². The summed E-state index contributed by atoms with van der Waals surface area (Å²) in [6, 6.07) is 9.97. The summed E-state index contributed by atoms with van der Waals surface area (Å²) in [4.78, 5) is 16.8. The van der Waals surface area contributed by atoms with Crippen molar-refractivity contribution in [1.82, 2.24) is 35.0 Å². The number of methoxy groups -OCH3 is 2. The molecule has 204 valence electrons. The van der Waals surface area contributed by atoms with Crippen molar-refractivity contribution in [2.75, 3.05) is 32.6 Å². The van der Waals surface area contributed by atoms with Crippen LogP contribution in [0.3, 0.4) is 0 Å². The van der Waals surface area contributed by atoms with E-state index in [0.717, 1.165) is 19.5 Å². The minimum atomic E-state index is -0.533. The summed E-state index contributed by atoms with van der Waals surface area (Å²) in [5.41, 5.74) is 1.46. The summed E-state index contributed by atoms with van der Waals surface area (Å²) in [5, 5.41) is 11.3. The fourth-order valence-corrected chi connectivity index (χ4v) is 4.27. The summed E-state index contributed by atoms with van der Waals surface area (Å²) >= 11 is 0. The smallest absolute Gasteiger partial charge is 0.316 e. The summed E-state index contributed by atoms with van der Waals surface area (Å²) < 4.78 is 39.1. The van der Waals surface area contributed by atoms with Gasteiger partial charge in [0.1, 0.15) is 35.5 Å². The standard InChI is InChI=1S/C27H25FN8O4/c1-37-23-11-22-19(10-24(23)39-18-5-7-29-14-18)26(33-15-32-22)34-21-4-3-17(9-20(21)28)40-25-6-8-36(35-25)16-12-30-27(38-2)31-13-16/h3-4,6,8-13,15,18,29H,5,7,14H2,1-2H3,(H,32,33,34). The molecule has 1 saturated heterocycles. The molecule has 0 radical (unpaired) electrons. The van der Waals surface area contributed by atoms with Gasteiger partial charge in [-0.05, 0) is 31.2 Å². The number of anilines is 2. The number of ether oxygens (including phenoxy) is 4. The van der Waals surface area contributed by atoms with Gasteiger partial charge in [0.2, 0.25) is 5.88 Å². The zero-order valence-electron chi connectivity index (χ0n) is 21.7. The second-order valence-electron chi connectivity index (χ2n) is 8.87. The van der Waals surface area contributed by atoms with Gasteiger partial charge in [-0.15, -0.1) is 5.10 Å². The van der Waals surface area contributed by atoms with Gasteiger partial charge in [0.25, 0.3) is 0 Å². The Morgan fingerprint density at radius 2 is 1.88 bits per heavy atom. The molecular formula is C27H25FN8O4. The first-order valence-electron chi connectivity index (χ1n) is 12.5. The van der Waals surface area contributed by atoms with Crippen molar-refractivity contribution in [3.05, 3.63) is 67.1 Å². The number of hydrogen-bond acceptors (Lipinski definition) is 11. The lowest BCUT2D eigenvalue weighted by Gasteiger charge is -2.17. The molecule has 3 aromatic heterocycles. The van der Waals surface area contributed by atoms with Crippen LogP contribution in [-0.4, -0.2) is 63.1 Å². The highest BCUT2D eigenvalue weighted by atomic mass is 19.1. The molecule has 0 aliphatic carbocycles. The number of fused-ring (bicyclic) bond motifs is 1. The Kier molecular flexibility index (Phi) is 6.93. The number of nitrogens with one attached hydrogen (secondary N) is 2. The van der Waals surface area contributed by atoms with Crippen LogP contribution in [0.4, 0.5) is 15.9 Å². The lowest BCUT2D eigenvalue weighted by molar-refractivity contribution is 0.213. The summed E-state index contributed by atoms with van der Waals surface area (Å²) in [6.45, 7) is 1.66. The average molecular weight is 545 g/mol. The molecule has 1 fully saturated rings. The van der Waals surface area contributed by atoms with Crippen LogP contribution in [-0.2, 0) is 0 Å². The molecule has 40 heavy (non-hydrogen) atoms. The third-order valence-electron chi connectivity index (χ3n) is 6.27. The molecule has 1 unspecified atom stereocenters. The lowest BCUT2D eigenvalue weighted by Crippen LogP contribution is -2.19. The van der Waals surface area contributed by atoms with Gasteiger partial charge in [-0.2, -0.15) is 0 Å². The molecule has 5 aromatic rings. The Bertz CT molecular complexity index is 1640. The zero-order valence-corrected chi connectivity index (χ0v) is 21.7. The fourth-order valence-electron chi connectivity index (χ4n) is 4.27. The van der Waals surface area contributed by atoms with Gasteiger partial charge >= 0.3 is 6.01 Å². The molecule has 0 spiro atoms. The van der Waals surface area contributed by atoms with E-state index < -0.39 is 5.82 Å². The quantitative estimate of drug-likeness (QED) is 0.279. The van der Waals surface area contributed by atoms with Gasteiger partial charge in [-0.25, -0.2) is 29.0 Å². The summed E-state index contributed by atoms with van der Waals surface area (Å²) in [7, 11) is 3.07. The summed E-state index contributed by atoms with van der Waals surface area (Å²) in [5.74, 6) is 1.59. The van der Waals surface area contributed by atoms with Gasteiger partial charge in [0.05, 0.1) is 37.8 Å². The van der Waals surface area contributed by atoms with E-state index in [2.05, 4.69) is 35.7 Å². The fraction of sp³-hybridized carbons (Fsp3) is 0.222.